The van der Waals surface area contributed by atoms with Gasteiger partial charge in [0.2, 0.25) is 5.88 Å². The SMILES string of the molecule is C[C@H]1CC[C@@H]2[C@H](C1)c1c(O)cc(C(C)(C)c3ccccc3)nc1OC2(C)C. The molecule has 4 rings (SSSR count). The van der Waals surface area contributed by atoms with Gasteiger partial charge in [0, 0.05) is 17.4 Å². The minimum atomic E-state index is -0.308. The number of hydrogen-bond acceptors (Lipinski definition) is 3. The minimum absolute atomic E-state index is 0.257. The molecule has 144 valence electrons. The highest BCUT2D eigenvalue weighted by atomic mass is 16.5. The minimum Gasteiger partial charge on any atom is -0.507 e. The van der Waals surface area contributed by atoms with Gasteiger partial charge in [-0.15, -0.1) is 0 Å². The molecule has 1 aliphatic heterocycles. The van der Waals surface area contributed by atoms with E-state index in [2.05, 4.69) is 46.8 Å². The van der Waals surface area contributed by atoms with Crippen LogP contribution in [0.5, 0.6) is 11.6 Å². The summed E-state index contributed by atoms with van der Waals surface area (Å²) in [6, 6.07) is 12.2. The molecular weight excluding hydrogens is 334 g/mol. The summed E-state index contributed by atoms with van der Waals surface area (Å²) in [6.45, 7) is 11.0. The Morgan fingerprint density at radius 1 is 1.15 bits per heavy atom. The Morgan fingerprint density at radius 3 is 2.56 bits per heavy atom. The number of nitrogens with zero attached hydrogens (tertiary/aromatic N) is 1. The molecule has 1 aliphatic carbocycles. The molecule has 3 nitrogen and oxygen atoms in total. The summed E-state index contributed by atoms with van der Waals surface area (Å²) in [6.07, 6.45) is 3.48. The lowest BCUT2D eigenvalue weighted by Crippen LogP contribution is -2.47. The second-order valence-electron chi connectivity index (χ2n) is 9.57. The van der Waals surface area contributed by atoms with Crippen molar-refractivity contribution >= 4 is 0 Å². The Morgan fingerprint density at radius 2 is 1.85 bits per heavy atom. The topological polar surface area (TPSA) is 42.4 Å². The average Bonchev–Trinajstić information content (AvgIpc) is 2.61. The van der Waals surface area contributed by atoms with E-state index in [9.17, 15) is 5.11 Å². The van der Waals surface area contributed by atoms with E-state index in [0.717, 1.165) is 24.1 Å². The number of ether oxygens (including phenoxy) is 1. The van der Waals surface area contributed by atoms with Gasteiger partial charge in [0.25, 0.3) is 0 Å². The van der Waals surface area contributed by atoms with Crippen LogP contribution in [0.15, 0.2) is 36.4 Å². The second kappa shape index (κ2) is 6.25. The predicted molar refractivity (Wildman–Crippen MR) is 108 cm³/mol. The van der Waals surface area contributed by atoms with E-state index >= 15 is 0 Å². The molecule has 3 atom stereocenters. The third-order valence-electron chi connectivity index (χ3n) is 6.87. The van der Waals surface area contributed by atoms with E-state index in [-0.39, 0.29) is 11.0 Å². The third-order valence-corrected chi connectivity index (χ3v) is 6.87. The van der Waals surface area contributed by atoms with Gasteiger partial charge in [0.05, 0.1) is 11.3 Å². The number of hydrogen-bond donors (Lipinski definition) is 1. The third kappa shape index (κ3) is 3.01. The first-order valence-corrected chi connectivity index (χ1v) is 10.2. The molecule has 0 spiro atoms. The van der Waals surface area contributed by atoms with E-state index in [1.54, 1.807) is 0 Å². The summed E-state index contributed by atoms with van der Waals surface area (Å²) in [5, 5.41) is 11.0. The van der Waals surface area contributed by atoms with Gasteiger partial charge in [-0.05, 0) is 44.1 Å². The smallest absolute Gasteiger partial charge is 0.221 e. The zero-order valence-corrected chi connectivity index (χ0v) is 17.1. The molecule has 0 amide bonds. The van der Waals surface area contributed by atoms with E-state index in [1.807, 2.05) is 24.3 Å². The van der Waals surface area contributed by atoms with Crippen LogP contribution in [0.4, 0.5) is 0 Å². The van der Waals surface area contributed by atoms with Crippen molar-refractivity contribution in [3.05, 3.63) is 53.2 Å². The molecule has 0 radical (unpaired) electrons. The Hall–Kier alpha value is -2.03. The summed E-state index contributed by atoms with van der Waals surface area (Å²) in [5.74, 6) is 2.41. The number of aromatic hydroxyl groups is 1. The van der Waals surface area contributed by atoms with Gasteiger partial charge in [0.1, 0.15) is 11.4 Å². The van der Waals surface area contributed by atoms with Gasteiger partial charge in [0.15, 0.2) is 0 Å². The normalized spacial score (nSPS) is 26.6. The Balaban J connectivity index is 1.82. The zero-order valence-electron chi connectivity index (χ0n) is 17.1. The van der Waals surface area contributed by atoms with Crippen LogP contribution in [0.3, 0.4) is 0 Å². The molecule has 2 aliphatic rings. The van der Waals surface area contributed by atoms with Gasteiger partial charge < -0.3 is 9.84 Å². The molecule has 2 heterocycles. The van der Waals surface area contributed by atoms with Crippen molar-refractivity contribution in [3.8, 4) is 11.6 Å². The molecule has 0 bridgehead atoms. The van der Waals surface area contributed by atoms with Crippen molar-refractivity contribution < 1.29 is 9.84 Å². The summed E-state index contributed by atoms with van der Waals surface area (Å²) in [4.78, 5) is 4.95. The molecule has 0 saturated heterocycles. The highest BCUT2D eigenvalue weighted by Gasteiger charge is 2.48. The van der Waals surface area contributed by atoms with Crippen molar-refractivity contribution in [2.75, 3.05) is 0 Å². The highest BCUT2D eigenvalue weighted by molar-refractivity contribution is 5.49. The number of benzene rings is 1. The maximum absolute atomic E-state index is 11.0. The molecule has 0 unspecified atom stereocenters. The fraction of sp³-hybridized carbons (Fsp3) is 0.542. The number of rotatable bonds is 2. The largest absolute Gasteiger partial charge is 0.507 e. The van der Waals surface area contributed by atoms with Crippen LogP contribution in [-0.4, -0.2) is 15.7 Å². The van der Waals surface area contributed by atoms with E-state index in [4.69, 9.17) is 9.72 Å². The molecule has 1 saturated carbocycles. The number of fused-ring (bicyclic) bond motifs is 3. The fourth-order valence-electron chi connectivity index (χ4n) is 5.12. The lowest BCUT2D eigenvalue weighted by Gasteiger charge is -2.48. The molecule has 1 fully saturated rings. The Labute approximate surface area is 162 Å². The zero-order chi connectivity index (χ0) is 19.4. The summed E-state index contributed by atoms with van der Waals surface area (Å²) >= 11 is 0. The van der Waals surface area contributed by atoms with Crippen LogP contribution in [0.25, 0.3) is 0 Å². The van der Waals surface area contributed by atoms with Crippen molar-refractivity contribution in [1.82, 2.24) is 4.98 Å². The first-order valence-electron chi connectivity index (χ1n) is 10.2. The molecule has 1 aromatic heterocycles. The standard InChI is InChI=1S/C24H31NO2/c1-15-11-12-18-17(13-15)21-19(26)14-20(25-22(21)27-24(18,4)5)23(2,3)16-9-7-6-8-10-16/h6-10,14-15,17-18H,11-13H2,1-5H3,(H,25,26)/t15-,17-,18+/m0/s1. The van der Waals surface area contributed by atoms with E-state index in [0.29, 0.717) is 29.4 Å². The van der Waals surface area contributed by atoms with Crippen LogP contribution >= 0.6 is 0 Å². The molecule has 2 aromatic rings. The van der Waals surface area contributed by atoms with Crippen LogP contribution < -0.4 is 4.74 Å². The molecule has 1 aromatic carbocycles. The quantitative estimate of drug-likeness (QED) is 0.731. The van der Waals surface area contributed by atoms with Crippen LogP contribution in [0, 0.1) is 11.8 Å². The molecule has 1 N–H and O–H groups in total. The van der Waals surface area contributed by atoms with Gasteiger partial charge in [-0.25, -0.2) is 4.98 Å². The van der Waals surface area contributed by atoms with Gasteiger partial charge >= 0.3 is 0 Å². The molecule has 27 heavy (non-hydrogen) atoms. The van der Waals surface area contributed by atoms with E-state index in [1.165, 1.54) is 12.0 Å². The summed E-state index contributed by atoms with van der Waals surface area (Å²) in [5.41, 5.74) is 2.39. The van der Waals surface area contributed by atoms with Crippen LogP contribution in [-0.2, 0) is 5.41 Å². The van der Waals surface area contributed by atoms with Crippen LogP contribution in [0.2, 0.25) is 0 Å². The van der Waals surface area contributed by atoms with Crippen LogP contribution in [0.1, 0.15) is 76.6 Å². The van der Waals surface area contributed by atoms with Crippen molar-refractivity contribution in [2.45, 2.75) is 70.8 Å². The Bertz CT molecular complexity index is 841. The average molecular weight is 366 g/mol. The van der Waals surface area contributed by atoms with Gasteiger partial charge in [-0.3, -0.25) is 0 Å². The highest BCUT2D eigenvalue weighted by Crippen LogP contribution is 2.55. The maximum atomic E-state index is 11.0. The van der Waals surface area contributed by atoms with Gasteiger partial charge in [-0.1, -0.05) is 57.5 Å². The molecule has 3 heteroatoms. The van der Waals surface area contributed by atoms with E-state index < -0.39 is 0 Å². The maximum Gasteiger partial charge on any atom is 0.221 e. The Kier molecular flexibility index (Phi) is 4.25. The van der Waals surface area contributed by atoms with Crippen molar-refractivity contribution in [1.29, 1.82) is 0 Å². The van der Waals surface area contributed by atoms with Crippen molar-refractivity contribution in [3.63, 3.8) is 0 Å². The summed E-state index contributed by atoms with van der Waals surface area (Å²) < 4.78 is 6.41. The number of aromatic nitrogens is 1. The fourth-order valence-corrected chi connectivity index (χ4v) is 5.12. The van der Waals surface area contributed by atoms with Gasteiger partial charge in [-0.2, -0.15) is 0 Å². The predicted octanol–water partition coefficient (Wildman–Crippen LogP) is 5.80. The number of pyridine rings is 1. The lowest BCUT2D eigenvalue weighted by molar-refractivity contribution is -0.0189. The first-order chi connectivity index (χ1) is 12.7. The second-order valence-corrected chi connectivity index (χ2v) is 9.57. The molecular formula is C24H31NO2. The van der Waals surface area contributed by atoms with Crippen molar-refractivity contribution in [2.24, 2.45) is 11.8 Å². The summed E-state index contributed by atoms with van der Waals surface area (Å²) in [7, 11) is 0. The monoisotopic (exact) mass is 365 g/mol. The lowest BCUT2D eigenvalue weighted by atomic mass is 9.64. The first kappa shape index (κ1) is 18.3.